The van der Waals surface area contributed by atoms with Gasteiger partial charge < -0.3 is 16.0 Å². The average molecular weight is 499 g/mol. The lowest BCUT2D eigenvalue weighted by molar-refractivity contribution is 0.0613. The largest absolute Gasteiger partial charge is 0.389 e. The van der Waals surface area contributed by atoms with E-state index in [9.17, 15) is 14.4 Å². The Labute approximate surface area is 201 Å². The van der Waals surface area contributed by atoms with Crippen molar-refractivity contribution in [2.24, 2.45) is 0 Å². The number of piperazine rings is 1. The number of aromatic nitrogens is 2. The summed E-state index contributed by atoms with van der Waals surface area (Å²) in [5.74, 6) is -1.53. The molecule has 0 bridgehead atoms. The van der Waals surface area contributed by atoms with Gasteiger partial charge in [-0.2, -0.15) is 10.4 Å². The maximum atomic E-state index is 15.9. The molecule has 0 spiro atoms. The van der Waals surface area contributed by atoms with Crippen LogP contribution < -0.4 is 11.1 Å². The molecule has 0 radical (unpaired) electrons. The molecule has 11 heteroatoms. The van der Waals surface area contributed by atoms with E-state index in [0.29, 0.717) is 38.1 Å². The molecule has 2 aromatic heterocycles. The zero-order chi connectivity index (χ0) is 23.7. The number of hydrogen-bond donors (Lipinski definition) is 2. The average Bonchev–Trinajstić information content (AvgIpc) is 3.34. The first-order chi connectivity index (χ1) is 16.4. The SMILES string of the molecule is N#Cc1c(N)sc2c(F)ccc(-c3c(F)cc4c5c3c(Cl)nn5CCC3CNCCN3C4=O)c12. The smallest absolute Gasteiger partial charge is 0.256 e. The lowest BCUT2D eigenvalue weighted by Gasteiger charge is -2.37. The fourth-order valence-electron chi connectivity index (χ4n) is 5.12. The quantitative estimate of drug-likeness (QED) is 0.411. The monoisotopic (exact) mass is 498 g/mol. The second kappa shape index (κ2) is 7.63. The number of nitrogens with one attached hydrogen (secondary N) is 1. The van der Waals surface area contributed by atoms with Crippen molar-refractivity contribution >= 4 is 54.8 Å². The number of amides is 1. The van der Waals surface area contributed by atoms with Crippen LogP contribution in [0.1, 0.15) is 22.3 Å². The molecule has 2 aliphatic heterocycles. The summed E-state index contributed by atoms with van der Waals surface area (Å²) in [4.78, 5) is 15.3. The number of carbonyl (C=O) groups is 1. The van der Waals surface area contributed by atoms with Gasteiger partial charge in [-0.3, -0.25) is 9.48 Å². The van der Waals surface area contributed by atoms with Crippen molar-refractivity contribution in [2.75, 3.05) is 25.4 Å². The maximum Gasteiger partial charge on any atom is 0.256 e. The van der Waals surface area contributed by atoms with Crippen LogP contribution in [0.2, 0.25) is 5.15 Å². The first-order valence-corrected chi connectivity index (χ1v) is 11.9. The van der Waals surface area contributed by atoms with Crippen molar-refractivity contribution in [2.45, 2.75) is 19.0 Å². The van der Waals surface area contributed by atoms with Crippen molar-refractivity contribution < 1.29 is 13.6 Å². The molecule has 4 heterocycles. The number of rotatable bonds is 1. The minimum absolute atomic E-state index is 0.0288. The molecule has 1 amide bonds. The van der Waals surface area contributed by atoms with Crippen LogP contribution in [-0.2, 0) is 6.54 Å². The van der Waals surface area contributed by atoms with E-state index < -0.39 is 11.6 Å². The number of fused-ring (bicyclic) bond motifs is 2. The summed E-state index contributed by atoms with van der Waals surface area (Å²) >= 11 is 7.49. The van der Waals surface area contributed by atoms with Gasteiger partial charge in [-0.05, 0) is 24.1 Å². The first kappa shape index (κ1) is 21.3. The lowest BCUT2D eigenvalue weighted by Crippen LogP contribution is -2.54. The van der Waals surface area contributed by atoms with Crippen LogP contribution in [0.4, 0.5) is 13.8 Å². The van der Waals surface area contributed by atoms with E-state index in [2.05, 4.69) is 10.4 Å². The van der Waals surface area contributed by atoms with Crippen molar-refractivity contribution in [3.05, 3.63) is 46.1 Å². The Hall–Kier alpha value is -3.26. The Morgan fingerprint density at radius 1 is 1.24 bits per heavy atom. The molecule has 3 N–H and O–H groups in total. The van der Waals surface area contributed by atoms with Gasteiger partial charge in [0.2, 0.25) is 0 Å². The second-order valence-electron chi connectivity index (χ2n) is 8.42. The van der Waals surface area contributed by atoms with E-state index in [1.807, 2.05) is 6.07 Å². The molecule has 1 unspecified atom stereocenters. The minimum Gasteiger partial charge on any atom is -0.389 e. The Bertz CT molecular complexity index is 1570. The number of anilines is 1. The van der Waals surface area contributed by atoms with Gasteiger partial charge in [0, 0.05) is 43.2 Å². The summed E-state index contributed by atoms with van der Waals surface area (Å²) in [7, 11) is 0. The van der Waals surface area contributed by atoms with Gasteiger partial charge >= 0.3 is 0 Å². The highest BCUT2D eigenvalue weighted by Gasteiger charge is 2.34. The number of nitrogens with zero attached hydrogens (tertiary/aromatic N) is 4. The van der Waals surface area contributed by atoms with Gasteiger partial charge in [0.25, 0.3) is 5.91 Å². The number of benzene rings is 2. The minimum atomic E-state index is -0.703. The van der Waals surface area contributed by atoms with Crippen molar-refractivity contribution in [3.63, 3.8) is 0 Å². The third-order valence-electron chi connectivity index (χ3n) is 6.64. The van der Waals surface area contributed by atoms with Crippen molar-refractivity contribution in [1.29, 1.82) is 5.26 Å². The van der Waals surface area contributed by atoms with Crippen LogP contribution in [0.25, 0.3) is 32.1 Å². The second-order valence-corrected chi connectivity index (χ2v) is 9.83. The molecule has 7 nitrogen and oxygen atoms in total. The normalized spacial score (nSPS) is 18.1. The highest BCUT2D eigenvalue weighted by Crippen LogP contribution is 2.45. The van der Waals surface area contributed by atoms with E-state index in [1.54, 1.807) is 9.58 Å². The summed E-state index contributed by atoms with van der Waals surface area (Å²) < 4.78 is 32.3. The van der Waals surface area contributed by atoms with E-state index in [-0.39, 0.29) is 59.8 Å². The van der Waals surface area contributed by atoms with Gasteiger partial charge in [0.1, 0.15) is 22.7 Å². The van der Waals surface area contributed by atoms with Crippen LogP contribution >= 0.6 is 22.9 Å². The molecular formula is C23H17ClF2N6OS. The van der Waals surface area contributed by atoms with Gasteiger partial charge in [0.05, 0.1) is 26.7 Å². The summed E-state index contributed by atoms with van der Waals surface area (Å²) in [5.41, 5.74) is 7.02. The van der Waals surface area contributed by atoms with E-state index >= 15 is 4.39 Å². The van der Waals surface area contributed by atoms with Crippen LogP contribution in [0.15, 0.2) is 18.2 Å². The van der Waals surface area contributed by atoms with Gasteiger partial charge in [-0.15, -0.1) is 11.3 Å². The summed E-state index contributed by atoms with van der Waals surface area (Å²) in [6, 6.07) is 5.81. The fraction of sp³-hybridized carbons (Fsp3) is 0.261. The number of nitriles is 1. The summed E-state index contributed by atoms with van der Waals surface area (Å²) in [6.45, 7) is 2.33. The first-order valence-electron chi connectivity index (χ1n) is 10.7. The molecule has 2 aromatic carbocycles. The van der Waals surface area contributed by atoms with Gasteiger partial charge in [-0.25, -0.2) is 8.78 Å². The Morgan fingerprint density at radius 2 is 2.06 bits per heavy atom. The number of nitrogens with two attached hydrogens (primary N) is 1. The van der Waals surface area contributed by atoms with Gasteiger partial charge in [-0.1, -0.05) is 17.7 Å². The van der Waals surface area contributed by atoms with Crippen molar-refractivity contribution in [1.82, 2.24) is 20.0 Å². The van der Waals surface area contributed by atoms with Gasteiger partial charge in [0.15, 0.2) is 5.15 Å². The third-order valence-corrected chi connectivity index (χ3v) is 7.93. The zero-order valence-corrected chi connectivity index (χ0v) is 19.2. The predicted molar refractivity (Wildman–Crippen MR) is 127 cm³/mol. The summed E-state index contributed by atoms with van der Waals surface area (Å²) in [5, 5.41) is 18.1. The van der Waals surface area contributed by atoms with Crippen LogP contribution in [0.3, 0.4) is 0 Å². The van der Waals surface area contributed by atoms with E-state index in [4.69, 9.17) is 17.3 Å². The molecule has 1 atom stereocenters. The molecule has 2 aliphatic rings. The standard InChI is InChI=1S/C23H17ClF2N6OS/c24-21-18-17(11-1-2-14(25)20-16(11)13(8-27)22(28)34-20)15(26)7-12-19(18)32(30-21)5-3-10-9-29-4-6-31(10)23(12)33/h1-2,7,10,29H,3-6,9,28H2. The maximum absolute atomic E-state index is 15.9. The highest BCUT2D eigenvalue weighted by molar-refractivity contribution is 7.23. The number of thiophene rings is 1. The topological polar surface area (TPSA) is 100.0 Å². The van der Waals surface area contributed by atoms with E-state index in [1.165, 1.54) is 18.2 Å². The Morgan fingerprint density at radius 3 is 2.85 bits per heavy atom. The summed E-state index contributed by atoms with van der Waals surface area (Å²) in [6.07, 6.45) is 0.665. The molecule has 172 valence electrons. The van der Waals surface area contributed by atoms with Crippen LogP contribution in [0, 0.1) is 23.0 Å². The predicted octanol–water partition coefficient (Wildman–Crippen LogP) is 4.12. The molecule has 1 fully saturated rings. The number of aryl methyl sites for hydroxylation is 1. The molecule has 4 aromatic rings. The number of halogens is 3. The molecule has 0 saturated carbocycles. The molecule has 1 saturated heterocycles. The number of hydrogen-bond acceptors (Lipinski definition) is 6. The molecule has 0 aliphatic carbocycles. The zero-order valence-electron chi connectivity index (χ0n) is 17.7. The molecule has 6 rings (SSSR count). The van der Waals surface area contributed by atoms with Crippen LogP contribution in [0.5, 0.6) is 0 Å². The van der Waals surface area contributed by atoms with E-state index in [0.717, 1.165) is 11.3 Å². The third kappa shape index (κ3) is 2.87. The molecule has 34 heavy (non-hydrogen) atoms. The lowest BCUT2D eigenvalue weighted by atomic mass is 9.93. The van der Waals surface area contributed by atoms with Crippen molar-refractivity contribution in [3.8, 4) is 17.2 Å². The molecular weight excluding hydrogens is 482 g/mol. The Balaban J connectivity index is 1.69. The highest BCUT2D eigenvalue weighted by atomic mass is 35.5. The fourth-order valence-corrected chi connectivity index (χ4v) is 6.35. The number of nitrogen functional groups attached to an aromatic ring is 1. The van der Waals surface area contributed by atoms with Crippen LogP contribution in [-0.4, -0.2) is 46.3 Å². The Kier molecular flexibility index (Phi) is 4.78. The number of carbonyl (C=O) groups excluding carboxylic acids is 1.